The second kappa shape index (κ2) is 4.14. The normalized spacial score (nSPS) is 12.5. The zero-order chi connectivity index (χ0) is 9.84. The maximum atomic E-state index is 13.0. The summed E-state index contributed by atoms with van der Waals surface area (Å²) in [5.41, 5.74) is 5.94. The van der Waals surface area contributed by atoms with Crippen LogP contribution in [0.15, 0.2) is 30.9 Å². The summed E-state index contributed by atoms with van der Waals surface area (Å²) in [6, 6.07) is 3.17. The molecule has 0 saturated carbocycles. The summed E-state index contributed by atoms with van der Waals surface area (Å²) >= 11 is 0. The average molecular weight is 183 g/mol. The van der Waals surface area contributed by atoms with Gasteiger partial charge < -0.3 is 5.73 Å². The molecule has 0 aliphatic heterocycles. The Labute approximate surface area is 75.9 Å². The number of hydrogen-bond acceptors (Lipinski definition) is 1. The van der Waals surface area contributed by atoms with Crippen molar-refractivity contribution in [2.75, 3.05) is 0 Å². The molecule has 70 valence electrons. The van der Waals surface area contributed by atoms with Crippen molar-refractivity contribution >= 4 is 0 Å². The summed E-state index contributed by atoms with van der Waals surface area (Å²) in [5.74, 6) is -1.13. The zero-order valence-corrected chi connectivity index (χ0v) is 7.13. The highest BCUT2D eigenvalue weighted by atomic mass is 19.1. The van der Waals surface area contributed by atoms with Gasteiger partial charge in [0.2, 0.25) is 0 Å². The molecule has 0 saturated heterocycles. The lowest BCUT2D eigenvalue weighted by Crippen LogP contribution is -2.19. The number of nitrogens with two attached hydrogens (primary N) is 1. The van der Waals surface area contributed by atoms with Crippen molar-refractivity contribution in [3.8, 4) is 0 Å². The first-order valence-electron chi connectivity index (χ1n) is 3.95. The van der Waals surface area contributed by atoms with E-state index in [0.717, 1.165) is 6.07 Å². The highest BCUT2D eigenvalue weighted by Gasteiger charge is 2.06. The molecule has 1 aromatic rings. The molecule has 1 nitrogen and oxygen atoms in total. The number of hydrogen-bond donors (Lipinski definition) is 1. The van der Waals surface area contributed by atoms with Crippen LogP contribution in [-0.2, 0) is 6.42 Å². The molecule has 0 bridgehead atoms. The summed E-state index contributed by atoms with van der Waals surface area (Å²) in [7, 11) is 0. The summed E-state index contributed by atoms with van der Waals surface area (Å²) in [6.07, 6.45) is 1.87. The first kappa shape index (κ1) is 9.86. The van der Waals surface area contributed by atoms with Crippen molar-refractivity contribution in [3.05, 3.63) is 48.1 Å². The van der Waals surface area contributed by atoms with Crippen molar-refractivity contribution in [1.82, 2.24) is 0 Å². The predicted octanol–water partition coefficient (Wildman–Crippen LogP) is 2.02. The lowest BCUT2D eigenvalue weighted by Gasteiger charge is -2.06. The zero-order valence-electron chi connectivity index (χ0n) is 7.13. The second-order valence-corrected chi connectivity index (χ2v) is 2.84. The molecule has 0 fully saturated rings. The second-order valence-electron chi connectivity index (χ2n) is 2.84. The molecule has 0 radical (unpaired) electrons. The van der Waals surface area contributed by atoms with E-state index in [1.54, 1.807) is 0 Å². The van der Waals surface area contributed by atoms with Gasteiger partial charge in [0.25, 0.3) is 0 Å². The van der Waals surface area contributed by atoms with Crippen LogP contribution in [0.1, 0.15) is 5.56 Å². The van der Waals surface area contributed by atoms with E-state index in [0.29, 0.717) is 12.0 Å². The van der Waals surface area contributed by atoms with Gasteiger partial charge in [0.05, 0.1) is 0 Å². The fourth-order valence-electron chi connectivity index (χ4n) is 1.02. The van der Waals surface area contributed by atoms with Crippen LogP contribution >= 0.6 is 0 Å². The van der Waals surface area contributed by atoms with E-state index in [2.05, 4.69) is 6.58 Å². The molecule has 1 rings (SSSR count). The van der Waals surface area contributed by atoms with Crippen molar-refractivity contribution in [1.29, 1.82) is 0 Å². The Morgan fingerprint density at radius 3 is 2.69 bits per heavy atom. The maximum absolute atomic E-state index is 13.0. The Hall–Kier alpha value is -1.22. The molecule has 1 unspecified atom stereocenters. The Kier molecular flexibility index (Phi) is 3.14. The van der Waals surface area contributed by atoms with Gasteiger partial charge in [0.1, 0.15) is 11.6 Å². The molecular formula is C10H11F2N. The molecule has 0 aliphatic rings. The first-order chi connectivity index (χ1) is 6.13. The van der Waals surface area contributed by atoms with Gasteiger partial charge in [0, 0.05) is 12.1 Å². The summed E-state index contributed by atoms with van der Waals surface area (Å²) in [5, 5.41) is 0. The Balaban J connectivity index is 2.83. The van der Waals surface area contributed by atoms with Crippen LogP contribution in [0.2, 0.25) is 0 Å². The smallest absolute Gasteiger partial charge is 0.129 e. The van der Waals surface area contributed by atoms with E-state index in [-0.39, 0.29) is 6.04 Å². The first-order valence-corrected chi connectivity index (χ1v) is 3.95. The van der Waals surface area contributed by atoms with Gasteiger partial charge in [-0.15, -0.1) is 6.58 Å². The molecule has 2 N–H and O–H groups in total. The minimum absolute atomic E-state index is 0.292. The van der Waals surface area contributed by atoms with Crippen molar-refractivity contribution in [2.24, 2.45) is 5.73 Å². The molecule has 0 aromatic heterocycles. The molecular weight excluding hydrogens is 172 g/mol. The van der Waals surface area contributed by atoms with Crippen LogP contribution in [0, 0.1) is 11.6 Å². The van der Waals surface area contributed by atoms with Crippen LogP contribution < -0.4 is 5.73 Å². The number of rotatable bonds is 3. The number of benzene rings is 1. The van der Waals surface area contributed by atoms with E-state index < -0.39 is 11.6 Å². The third-order valence-electron chi connectivity index (χ3n) is 1.77. The molecule has 3 heteroatoms. The van der Waals surface area contributed by atoms with Crippen LogP contribution in [-0.4, -0.2) is 6.04 Å². The highest BCUT2D eigenvalue weighted by molar-refractivity contribution is 5.20. The van der Waals surface area contributed by atoms with Crippen LogP contribution in [0.5, 0.6) is 0 Å². The van der Waals surface area contributed by atoms with Gasteiger partial charge in [-0.3, -0.25) is 0 Å². The maximum Gasteiger partial charge on any atom is 0.129 e. The van der Waals surface area contributed by atoms with E-state index >= 15 is 0 Å². The SMILES string of the molecule is C=CC(N)Cc1ccc(F)cc1F. The fourth-order valence-corrected chi connectivity index (χ4v) is 1.02. The lowest BCUT2D eigenvalue weighted by atomic mass is 10.1. The Morgan fingerprint density at radius 2 is 2.15 bits per heavy atom. The minimum Gasteiger partial charge on any atom is -0.324 e. The van der Waals surface area contributed by atoms with Crippen molar-refractivity contribution < 1.29 is 8.78 Å². The van der Waals surface area contributed by atoms with Gasteiger partial charge in [-0.05, 0) is 18.1 Å². The van der Waals surface area contributed by atoms with Crippen molar-refractivity contribution in [3.63, 3.8) is 0 Å². The summed E-state index contributed by atoms with van der Waals surface area (Å²) in [4.78, 5) is 0. The quantitative estimate of drug-likeness (QED) is 0.713. The largest absolute Gasteiger partial charge is 0.324 e. The van der Waals surface area contributed by atoms with E-state index in [1.807, 2.05) is 0 Å². The van der Waals surface area contributed by atoms with Gasteiger partial charge in [-0.2, -0.15) is 0 Å². The lowest BCUT2D eigenvalue weighted by molar-refractivity contribution is 0.568. The van der Waals surface area contributed by atoms with Crippen LogP contribution in [0.25, 0.3) is 0 Å². The number of halogens is 2. The Morgan fingerprint density at radius 1 is 1.46 bits per heavy atom. The third kappa shape index (κ3) is 2.63. The summed E-state index contributed by atoms with van der Waals surface area (Å²) in [6.45, 7) is 3.48. The monoisotopic (exact) mass is 183 g/mol. The molecule has 0 spiro atoms. The topological polar surface area (TPSA) is 26.0 Å². The third-order valence-corrected chi connectivity index (χ3v) is 1.77. The highest BCUT2D eigenvalue weighted by Crippen LogP contribution is 2.11. The molecule has 13 heavy (non-hydrogen) atoms. The fraction of sp³-hybridized carbons (Fsp3) is 0.200. The van der Waals surface area contributed by atoms with Gasteiger partial charge in [-0.1, -0.05) is 12.1 Å². The minimum atomic E-state index is -0.576. The predicted molar refractivity (Wildman–Crippen MR) is 48.2 cm³/mol. The van der Waals surface area contributed by atoms with Gasteiger partial charge >= 0.3 is 0 Å². The van der Waals surface area contributed by atoms with Gasteiger partial charge in [0.15, 0.2) is 0 Å². The van der Waals surface area contributed by atoms with E-state index in [4.69, 9.17) is 5.73 Å². The van der Waals surface area contributed by atoms with E-state index in [9.17, 15) is 8.78 Å². The Bertz CT molecular complexity index is 310. The molecule has 0 amide bonds. The molecule has 0 heterocycles. The van der Waals surface area contributed by atoms with Crippen LogP contribution in [0.3, 0.4) is 0 Å². The molecule has 1 atom stereocenters. The van der Waals surface area contributed by atoms with Crippen LogP contribution in [0.4, 0.5) is 8.78 Å². The van der Waals surface area contributed by atoms with Crippen molar-refractivity contribution in [2.45, 2.75) is 12.5 Å². The standard InChI is InChI=1S/C10H11F2N/c1-2-9(13)5-7-3-4-8(11)6-10(7)12/h2-4,6,9H,1,5,13H2. The summed E-state index contributed by atoms with van der Waals surface area (Å²) < 4.78 is 25.5. The van der Waals surface area contributed by atoms with E-state index in [1.165, 1.54) is 18.2 Å². The molecule has 1 aromatic carbocycles. The molecule has 0 aliphatic carbocycles. The average Bonchev–Trinajstić information content (AvgIpc) is 2.09. The van der Waals surface area contributed by atoms with Gasteiger partial charge in [-0.25, -0.2) is 8.78 Å².